The number of rotatable bonds is 2. The van der Waals surface area contributed by atoms with Crippen LogP contribution in [0.2, 0.25) is 5.15 Å². The fourth-order valence-corrected chi connectivity index (χ4v) is 2.09. The summed E-state index contributed by atoms with van der Waals surface area (Å²) in [7, 11) is 0. The fourth-order valence-electron chi connectivity index (χ4n) is 1.88. The second-order valence-corrected chi connectivity index (χ2v) is 5.50. The molecule has 0 saturated carbocycles. The number of anilines is 1. The minimum absolute atomic E-state index is 0.163. The third kappa shape index (κ3) is 5.03. The maximum Gasteiger partial charge on any atom is 0.451 e. The monoisotopic (exact) mass is 437 g/mol. The van der Waals surface area contributed by atoms with Gasteiger partial charge in [-0.05, 0) is 18.2 Å². The number of carbonyl (C=O) groups excluding carboxylic acids is 1. The standard InChI is InChI=1S/C14H5ClF9N3O/c15-9-8(4-25-11(27-9)14(22,23)24)10(28)26-7-2-5(12(16,17)18)1-6(3-7)13(19,20)21/h1-4H,(H,26,28). The van der Waals surface area contributed by atoms with Gasteiger partial charge in [-0.25, -0.2) is 9.97 Å². The average molecular weight is 438 g/mol. The number of alkyl halides is 9. The van der Waals surface area contributed by atoms with E-state index >= 15 is 0 Å². The van der Waals surface area contributed by atoms with E-state index in [9.17, 15) is 44.3 Å². The van der Waals surface area contributed by atoms with Crippen molar-refractivity contribution in [1.82, 2.24) is 9.97 Å². The minimum Gasteiger partial charge on any atom is -0.322 e. The molecule has 0 atom stereocenters. The molecule has 1 N–H and O–H groups in total. The fraction of sp³-hybridized carbons (Fsp3) is 0.214. The Morgan fingerprint density at radius 3 is 1.75 bits per heavy atom. The van der Waals surface area contributed by atoms with Crippen LogP contribution in [0.1, 0.15) is 27.3 Å². The maximum absolute atomic E-state index is 12.8. The van der Waals surface area contributed by atoms with E-state index in [1.165, 1.54) is 0 Å². The Labute approximate surface area is 154 Å². The molecule has 0 aliphatic heterocycles. The van der Waals surface area contributed by atoms with Gasteiger partial charge in [-0.3, -0.25) is 4.79 Å². The highest BCUT2D eigenvalue weighted by Gasteiger charge is 2.38. The molecular formula is C14H5ClF9N3O. The van der Waals surface area contributed by atoms with Crippen molar-refractivity contribution in [2.75, 3.05) is 5.32 Å². The summed E-state index contributed by atoms with van der Waals surface area (Å²) in [6.45, 7) is 0. The molecule has 1 aromatic carbocycles. The Balaban J connectivity index is 2.41. The Kier molecular flexibility index (Phi) is 5.52. The van der Waals surface area contributed by atoms with E-state index in [-0.39, 0.29) is 18.2 Å². The van der Waals surface area contributed by atoms with Crippen LogP contribution in [0.5, 0.6) is 0 Å². The maximum atomic E-state index is 12.8. The van der Waals surface area contributed by atoms with Gasteiger partial charge in [0, 0.05) is 11.9 Å². The number of amides is 1. The molecule has 0 fully saturated rings. The number of hydrogen-bond acceptors (Lipinski definition) is 3. The number of halogens is 10. The topological polar surface area (TPSA) is 54.9 Å². The van der Waals surface area contributed by atoms with E-state index in [0.29, 0.717) is 6.20 Å². The molecule has 0 aliphatic rings. The summed E-state index contributed by atoms with van der Waals surface area (Å²) in [6, 6.07) is 0.266. The van der Waals surface area contributed by atoms with Gasteiger partial charge in [-0.1, -0.05) is 11.6 Å². The molecule has 1 aromatic heterocycles. The molecule has 0 spiro atoms. The van der Waals surface area contributed by atoms with Crippen LogP contribution in [0, 0.1) is 0 Å². The van der Waals surface area contributed by atoms with Crippen molar-refractivity contribution in [3.05, 3.63) is 52.1 Å². The summed E-state index contributed by atoms with van der Waals surface area (Å²) >= 11 is 5.43. The molecular weight excluding hydrogens is 433 g/mol. The summed E-state index contributed by atoms with van der Waals surface area (Å²) in [6.07, 6.45) is -15.0. The Bertz CT molecular complexity index is 874. The SMILES string of the molecule is O=C(Nc1cc(C(F)(F)F)cc(C(F)(F)F)c1)c1cnc(C(F)(F)F)nc1Cl. The third-order valence-electron chi connectivity index (χ3n) is 3.09. The lowest BCUT2D eigenvalue weighted by Crippen LogP contribution is -2.18. The normalized spacial score (nSPS) is 12.8. The molecule has 0 saturated heterocycles. The van der Waals surface area contributed by atoms with E-state index in [4.69, 9.17) is 11.6 Å². The van der Waals surface area contributed by atoms with Crippen molar-refractivity contribution in [3.8, 4) is 0 Å². The van der Waals surface area contributed by atoms with E-state index in [1.54, 1.807) is 5.32 Å². The summed E-state index contributed by atoms with van der Waals surface area (Å²) in [5.74, 6) is -3.10. The zero-order valence-corrected chi connectivity index (χ0v) is 13.6. The van der Waals surface area contributed by atoms with Gasteiger partial charge in [0.05, 0.1) is 16.7 Å². The second kappa shape index (κ2) is 7.11. The lowest BCUT2D eigenvalue weighted by Gasteiger charge is -2.15. The lowest BCUT2D eigenvalue weighted by molar-refractivity contribution is -0.145. The summed E-state index contributed by atoms with van der Waals surface area (Å²) in [4.78, 5) is 17.7. The number of hydrogen-bond donors (Lipinski definition) is 1. The van der Waals surface area contributed by atoms with E-state index in [1.807, 2.05) is 0 Å². The zero-order valence-electron chi connectivity index (χ0n) is 12.9. The van der Waals surface area contributed by atoms with Crippen molar-refractivity contribution < 1.29 is 44.3 Å². The van der Waals surface area contributed by atoms with Gasteiger partial charge < -0.3 is 5.32 Å². The van der Waals surface area contributed by atoms with Crippen LogP contribution in [0.3, 0.4) is 0 Å². The average Bonchev–Trinajstić information content (AvgIpc) is 2.51. The van der Waals surface area contributed by atoms with Crippen LogP contribution >= 0.6 is 11.6 Å². The molecule has 28 heavy (non-hydrogen) atoms. The summed E-state index contributed by atoms with van der Waals surface area (Å²) in [5.41, 5.74) is -5.11. The third-order valence-corrected chi connectivity index (χ3v) is 3.37. The molecule has 0 bridgehead atoms. The number of benzene rings is 1. The molecule has 1 amide bonds. The van der Waals surface area contributed by atoms with Gasteiger partial charge >= 0.3 is 18.5 Å². The molecule has 4 nitrogen and oxygen atoms in total. The summed E-state index contributed by atoms with van der Waals surface area (Å²) < 4.78 is 114. The van der Waals surface area contributed by atoms with Gasteiger partial charge in [0.2, 0.25) is 5.82 Å². The first-order chi connectivity index (χ1) is 12.6. The Hall–Kier alpha value is -2.57. The zero-order chi connectivity index (χ0) is 21.5. The van der Waals surface area contributed by atoms with Crippen molar-refractivity contribution in [3.63, 3.8) is 0 Å². The predicted octanol–water partition coefficient (Wildman–Crippen LogP) is 5.44. The molecule has 1 heterocycles. The minimum atomic E-state index is -5.16. The van der Waals surface area contributed by atoms with Gasteiger partial charge in [-0.15, -0.1) is 0 Å². The lowest BCUT2D eigenvalue weighted by atomic mass is 10.1. The number of nitrogens with one attached hydrogen (secondary N) is 1. The first-order valence-corrected chi connectivity index (χ1v) is 7.17. The van der Waals surface area contributed by atoms with Crippen LogP contribution in [-0.4, -0.2) is 15.9 Å². The van der Waals surface area contributed by atoms with Crippen LogP contribution < -0.4 is 5.32 Å². The van der Waals surface area contributed by atoms with Crippen LogP contribution in [0.25, 0.3) is 0 Å². The molecule has 14 heteroatoms. The molecule has 2 rings (SSSR count). The smallest absolute Gasteiger partial charge is 0.322 e. The molecule has 0 unspecified atom stereocenters. The van der Waals surface area contributed by atoms with Gasteiger partial charge in [-0.2, -0.15) is 39.5 Å². The van der Waals surface area contributed by atoms with Crippen molar-refractivity contribution >= 4 is 23.2 Å². The Morgan fingerprint density at radius 2 is 1.36 bits per heavy atom. The predicted molar refractivity (Wildman–Crippen MR) is 76.4 cm³/mol. The van der Waals surface area contributed by atoms with Crippen LogP contribution in [-0.2, 0) is 18.5 Å². The second-order valence-electron chi connectivity index (χ2n) is 5.14. The Morgan fingerprint density at radius 1 is 0.857 bits per heavy atom. The van der Waals surface area contributed by atoms with Crippen molar-refractivity contribution in [1.29, 1.82) is 0 Å². The van der Waals surface area contributed by atoms with E-state index in [0.717, 1.165) is 0 Å². The van der Waals surface area contributed by atoms with Gasteiger partial charge in [0.15, 0.2) is 0 Å². The van der Waals surface area contributed by atoms with Crippen molar-refractivity contribution in [2.24, 2.45) is 0 Å². The van der Waals surface area contributed by atoms with Crippen LogP contribution in [0.4, 0.5) is 45.2 Å². The highest BCUT2D eigenvalue weighted by Crippen LogP contribution is 2.37. The van der Waals surface area contributed by atoms with Gasteiger partial charge in [0.25, 0.3) is 5.91 Å². The number of nitrogens with zero attached hydrogens (tertiary/aromatic N) is 2. The van der Waals surface area contributed by atoms with E-state index in [2.05, 4.69) is 9.97 Å². The van der Waals surface area contributed by atoms with Crippen LogP contribution in [0.15, 0.2) is 24.4 Å². The highest BCUT2D eigenvalue weighted by molar-refractivity contribution is 6.33. The largest absolute Gasteiger partial charge is 0.451 e. The highest BCUT2D eigenvalue weighted by atomic mass is 35.5. The molecule has 0 radical (unpaired) electrons. The molecule has 0 aliphatic carbocycles. The number of aromatic nitrogens is 2. The van der Waals surface area contributed by atoms with Crippen molar-refractivity contribution in [2.45, 2.75) is 18.5 Å². The number of carbonyl (C=O) groups is 1. The summed E-state index contributed by atoms with van der Waals surface area (Å²) in [5, 5.41) is 0.700. The van der Waals surface area contributed by atoms with E-state index < -0.39 is 57.8 Å². The first-order valence-electron chi connectivity index (χ1n) is 6.79. The van der Waals surface area contributed by atoms with Gasteiger partial charge in [0.1, 0.15) is 5.15 Å². The quantitative estimate of drug-likeness (QED) is 0.503. The molecule has 2 aromatic rings. The first kappa shape index (κ1) is 21.7. The molecule has 152 valence electrons.